The molecule has 1 fully saturated rings. The summed E-state index contributed by atoms with van der Waals surface area (Å²) in [5, 5.41) is 4.51. The molecule has 1 aliphatic heterocycles. The molecule has 134 valence electrons. The van der Waals surface area contributed by atoms with E-state index in [-0.39, 0.29) is 5.78 Å². The SMILES string of the molecule is Nc1ccc(-c2ccoc2)cc1CC(=O)c1ccc(N2CCNCC2)s1. The zero-order chi connectivity index (χ0) is 17.9. The Bertz CT molecular complexity index is 896. The first-order valence-corrected chi connectivity index (χ1v) is 9.52. The van der Waals surface area contributed by atoms with Crippen molar-refractivity contribution in [3.05, 3.63) is 59.4 Å². The number of rotatable bonds is 5. The summed E-state index contributed by atoms with van der Waals surface area (Å²) in [5.41, 5.74) is 9.58. The molecular formula is C20H21N3O2S. The van der Waals surface area contributed by atoms with E-state index in [0.717, 1.165) is 52.7 Å². The van der Waals surface area contributed by atoms with Gasteiger partial charge in [0.1, 0.15) is 0 Å². The molecule has 1 aromatic carbocycles. The lowest BCUT2D eigenvalue weighted by atomic mass is 10.0. The topological polar surface area (TPSA) is 71.5 Å². The highest BCUT2D eigenvalue weighted by atomic mass is 32.1. The number of nitrogens with two attached hydrogens (primary N) is 1. The van der Waals surface area contributed by atoms with Crippen LogP contribution in [0.15, 0.2) is 53.3 Å². The van der Waals surface area contributed by atoms with Crippen LogP contribution in [0, 0.1) is 0 Å². The number of thiophene rings is 1. The van der Waals surface area contributed by atoms with Crippen molar-refractivity contribution in [1.82, 2.24) is 5.32 Å². The molecule has 3 N–H and O–H groups in total. The number of nitrogen functional groups attached to an aromatic ring is 1. The zero-order valence-corrected chi connectivity index (χ0v) is 15.2. The van der Waals surface area contributed by atoms with Crippen molar-refractivity contribution in [2.24, 2.45) is 0 Å². The van der Waals surface area contributed by atoms with E-state index >= 15 is 0 Å². The Balaban J connectivity index is 1.51. The van der Waals surface area contributed by atoms with Gasteiger partial charge in [0.15, 0.2) is 5.78 Å². The summed E-state index contributed by atoms with van der Waals surface area (Å²) in [6.07, 6.45) is 3.63. The van der Waals surface area contributed by atoms with Crippen molar-refractivity contribution < 1.29 is 9.21 Å². The molecule has 5 nitrogen and oxygen atoms in total. The molecular weight excluding hydrogens is 346 g/mol. The van der Waals surface area contributed by atoms with E-state index in [4.69, 9.17) is 10.2 Å². The minimum absolute atomic E-state index is 0.104. The molecule has 0 unspecified atom stereocenters. The maximum atomic E-state index is 12.8. The van der Waals surface area contributed by atoms with Crippen molar-refractivity contribution in [3.8, 4) is 11.1 Å². The molecule has 0 aliphatic carbocycles. The van der Waals surface area contributed by atoms with Crippen LogP contribution in [-0.2, 0) is 6.42 Å². The minimum atomic E-state index is 0.104. The second-order valence-electron chi connectivity index (χ2n) is 6.40. The summed E-state index contributed by atoms with van der Waals surface area (Å²) < 4.78 is 5.14. The number of carbonyl (C=O) groups excluding carboxylic acids is 1. The van der Waals surface area contributed by atoms with Crippen molar-refractivity contribution in [1.29, 1.82) is 0 Å². The summed E-state index contributed by atoms with van der Waals surface area (Å²) >= 11 is 1.57. The first-order valence-electron chi connectivity index (χ1n) is 8.70. The van der Waals surface area contributed by atoms with Crippen LogP contribution in [0.2, 0.25) is 0 Å². The average Bonchev–Trinajstić information content (AvgIpc) is 3.36. The van der Waals surface area contributed by atoms with Crippen LogP contribution >= 0.6 is 11.3 Å². The molecule has 3 aromatic rings. The molecule has 1 saturated heterocycles. The fraction of sp³-hybridized carbons (Fsp3) is 0.250. The van der Waals surface area contributed by atoms with Gasteiger partial charge in [-0.05, 0) is 41.5 Å². The van der Waals surface area contributed by atoms with E-state index in [1.165, 1.54) is 0 Å². The number of furan rings is 1. The number of hydrogen-bond donors (Lipinski definition) is 2. The smallest absolute Gasteiger partial charge is 0.177 e. The van der Waals surface area contributed by atoms with Gasteiger partial charge in [0.05, 0.1) is 22.4 Å². The van der Waals surface area contributed by atoms with E-state index in [1.807, 2.05) is 30.3 Å². The van der Waals surface area contributed by atoms with Gasteiger partial charge in [-0.2, -0.15) is 0 Å². The van der Waals surface area contributed by atoms with Gasteiger partial charge in [0.25, 0.3) is 0 Å². The molecule has 26 heavy (non-hydrogen) atoms. The Hall–Kier alpha value is -2.57. The Morgan fingerprint density at radius 2 is 2.00 bits per heavy atom. The molecule has 0 saturated carbocycles. The number of piperazine rings is 1. The van der Waals surface area contributed by atoms with E-state index in [2.05, 4.69) is 16.3 Å². The van der Waals surface area contributed by atoms with Crippen molar-refractivity contribution in [3.63, 3.8) is 0 Å². The van der Waals surface area contributed by atoms with Crippen LogP contribution in [0.1, 0.15) is 15.2 Å². The van der Waals surface area contributed by atoms with Gasteiger partial charge in [-0.15, -0.1) is 11.3 Å². The van der Waals surface area contributed by atoms with E-state index in [1.54, 1.807) is 23.9 Å². The number of Topliss-reactive ketones (excluding diaryl/α,β-unsaturated/α-hetero) is 1. The molecule has 4 rings (SSSR count). The van der Waals surface area contributed by atoms with E-state index < -0.39 is 0 Å². The minimum Gasteiger partial charge on any atom is -0.472 e. The van der Waals surface area contributed by atoms with Gasteiger partial charge in [0.2, 0.25) is 0 Å². The standard InChI is InChI=1S/C20H21N3O2S/c21-17-2-1-14(15-5-10-25-13-15)11-16(17)12-18(24)19-3-4-20(26-19)23-8-6-22-7-9-23/h1-5,10-11,13,22H,6-9,12,21H2. The summed E-state index contributed by atoms with van der Waals surface area (Å²) in [4.78, 5) is 15.9. The maximum Gasteiger partial charge on any atom is 0.177 e. The fourth-order valence-corrected chi connectivity index (χ4v) is 4.16. The molecule has 0 spiro atoms. The lowest BCUT2D eigenvalue weighted by Crippen LogP contribution is -2.43. The highest BCUT2D eigenvalue weighted by Crippen LogP contribution is 2.29. The quantitative estimate of drug-likeness (QED) is 0.534. The van der Waals surface area contributed by atoms with Gasteiger partial charge >= 0.3 is 0 Å². The molecule has 0 bridgehead atoms. The van der Waals surface area contributed by atoms with E-state index in [0.29, 0.717) is 12.1 Å². The second-order valence-corrected chi connectivity index (χ2v) is 7.46. The van der Waals surface area contributed by atoms with Crippen molar-refractivity contribution >= 4 is 27.8 Å². The predicted octanol–water partition coefficient (Wildman–Crippen LogP) is 3.43. The maximum absolute atomic E-state index is 12.8. The summed E-state index contributed by atoms with van der Waals surface area (Å²) in [6.45, 7) is 3.93. The third kappa shape index (κ3) is 3.52. The summed E-state index contributed by atoms with van der Waals surface area (Å²) in [7, 11) is 0. The molecule has 1 aliphatic rings. The summed E-state index contributed by atoms with van der Waals surface area (Å²) in [5.74, 6) is 0.104. The Morgan fingerprint density at radius 3 is 2.77 bits per heavy atom. The number of carbonyl (C=O) groups is 1. The van der Waals surface area contributed by atoms with Gasteiger partial charge in [-0.3, -0.25) is 4.79 Å². The average molecular weight is 367 g/mol. The third-order valence-electron chi connectivity index (χ3n) is 4.64. The third-order valence-corrected chi connectivity index (χ3v) is 5.83. The number of benzene rings is 1. The van der Waals surface area contributed by atoms with Gasteiger partial charge < -0.3 is 20.4 Å². The van der Waals surface area contributed by atoms with Crippen LogP contribution in [-0.4, -0.2) is 32.0 Å². The van der Waals surface area contributed by atoms with E-state index in [9.17, 15) is 4.79 Å². The lowest BCUT2D eigenvalue weighted by molar-refractivity contribution is 0.0997. The highest BCUT2D eigenvalue weighted by molar-refractivity contribution is 7.18. The van der Waals surface area contributed by atoms with Gasteiger partial charge in [0, 0.05) is 43.9 Å². The van der Waals surface area contributed by atoms with Crippen LogP contribution in [0.5, 0.6) is 0 Å². The van der Waals surface area contributed by atoms with Crippen molar-refractivity contribution in [2.75, 3.05) is 36.8 Å². The number of nitrogens with zero attached hydrogens (tertiary/aromatic N) is 1. The second kappa shape index (κ2) is 7.35. The molecule has 0 atom stereocenters. The first-order chi connectivity index (χ1) is 12.7. The van der Waals surface area contributed by atoms with Gasteiger partial charge in [-0.25, -0.2) is 0 Å². The number of anilines is 2. The fourth-order valence-electron chi connectivity index (χ4n) is 3.16. The first kappa shape index (κ1) is 16.9. The van der Waals surface area contributed by atoms with Gasteiger partial charge in [-0.1, -0.05) is 6.07 Å². The number of ketones is 1. The monoisotopic (exact) mass is 367 g/mol. The summed E-state index contributed by atoms with van der Waals surface area (Å²) in [6, 6.07) is 11.7. The Kier molecular flexibility index (Phi) is 4.77. The molecule has 2 aromatic heterocycles. The predicted molar refractivity (Wildman–Crippen MR) is 106 cm³/mol. The number of hydrogen-bond acceptors (Lipinski definition) is 6. The largest absolute Gasteiger partial charge is 0.472 e. The lowest BCUT2D eigenvalue weighted by Gasteiger charge is -2.27. The highest BCUT2D eigenvalue weighted by Gasteiger charge is 2.17. The normalized spacial score (nSPS) is 14.5. The number of nitrogens with one attached hydrogen (secondary N) is 1. The molecule has 6 heteroatoms. The van der Waals surface area contributed by atoms with Crippen LogP contribution < -0.4 is 16.0 Å². The Morgan fingerprint density at radius 1 is 1.15 bits per heavy atom. The van der Waals surface area contributed by atoms with Crippen LogP contribution in [0.3, 0.4) is 0 Å². The van der Waals surface area contributed by atoms with Crippen LogP contribution in [0.25, 0.3) is 11.1 Å². The molecule has 0 amide bonds. The molecule has 3 heterocycles. The van der Waals surface area contributed by atoms with Crippen LogP contribution in [0.4, 0.5) is 10.7 Å². The zero-order valence-electron chi connectivity index (χ0n) is 14.4. The molecule has 0 radical (unpaired) electrons. The Labute approximate surface area is 156 Å². The van der Waals surface area contributed by atoms with Crippen molar-refractivity contribution in [2.45, 2.75) is 6.42 Å².